The fourth-order valence-corrected chi connectivity index (χ4v) is 2.14. The summed E-state index contributed by atoms with van der Waals surface area (Å²) in [6.07, 6.45) is 8.12. The van der Waals surface area contributed by atoms with Crippen LogP contribution in [0.5, 0.6) is 5.88 Å². The molecule has 1 aromatic heterocycles. The van der Waals surface area contributed by atoms with E-state index in [4.69, 9.17) is 10.00 Å². The van der Waals surface area contributed by atoms with E-state index in [0.29, 0.717) is 24.0 Å². The molecule has 0 radical (unpaired) electrons. The largest absolute Gasteiger partial charge is 0.476 e. The van der Waals surface area contributed by atoms with Crippen molar-refractivity contribution in [3.05, 3.63) is 23.9 Å². The number of nitriles is 1. The average molecular weight is 216 g/mol. The van der Waals surface area contributed by atoms with Gasteiger partial charge in [0, 0.05) is 6.20 Å². The van der Waals surface area contributed by atoms with Crippen molar-refractivity contribution in [2.75, 3.05) is 6.61 Å². The molecule has 0 unspecified atom stereocenters. The fraction of sp³-hybridized carbons (Fsp3) is 0.538. The van der Waals surface area contributed by atoms with Gasteiger partial charge in [0.2, 0.25) is 5.88 Å². The Kier molecular flexibility index (Phi) is 3.76. The van der Waals surface area contributed by atoms with Gasteiger partial charge in [-0.3, -0.25) is 0 Å². The van der Waals surface area contributed by atoms with E-state index in [9.17, 15) is 0 Å². The number of hydrogen-bond donors (Lipinski definition) is 0. The van der Waals surface area contributed by atoms with Crippen LogP contribution in [0.4, 0.5) is 0 Å². The highest BCUT2D eigenvalue weighted by Gasteiger charge is 2.15. The van der Waals surface area contributed by atoms with Crippen molar-refractivity contribution < 1.29 is 4.74 Å². The normalized spacial score (nSPS) is 16.7. The second-order valence-electron chi connectivity index (χ2n) is 4.28. The Hall–Kier alpha value is -1.56. The Morgan fingerprint density at radius 1 is 1.38 bits per heavy atom. The summed E-state index contributed by atoms with van der Waals surface area (Å²) < 4.78 is 5.63. The van der Waals surface area contributed by atoms with Crippen LogP contribution in [0.2, 0.25) is 0 Å². The van der Waals surface area contributed by atoms with Crippen LogP contribution in [0.1, 0.15) is 37.7 Å². The first-order valence-corrected chi connectivity index (χ1v) is 5.88. The first kappa shape index (κ1) is 10.9. The summed E-state index contributed by atoms with van der Waals surface area (Å²) in [5.74, 6) is 1.12. The van der Waals surface area contributed by atoms with Gasteiger partial charge < -0.3 is 4.74 Å². The van der Waals surface area contributed by atoms with Crippen LogP contribution in [0.15, 0.2) is 18.3 Å². The molecule has 1 saturated carbocycles. The lowest BCUT2D eigenvalue weighted by Gasteiger charge is -2.21. The SMILES string of the molecule is N#Cc1cccnc1OCC1CCCCC1. The van der Waals surface area contributed by atoms with E-state index in [1.807, 2.05) is 0 Å². The molecule has 0 aromatic carbocycles. The Morgan fingerprint density at radius 2 is 2.19 bits per heavy atom. The van der Waals surface area contributed by atoms with Gasteiger partial charge in [-0.25, -0.2) is 4.98 Å². The van der Waals surface area contributed by atoms with Gasteiger partial charge in [0.1, 0.15) is 11.6 Å². The van der Waals surface area contributed by atoms with Crippen LogP contribution in [-0.4, -0.2) is 11.6 Å². The lowest BCUT2D eigenvalue weighted by atomic mass is 9.90. The molecule has 3 heteroatoms. The van der Waals surface area contributed by atoms with Gasteiger partial charge >= 0.3 is 0 Å². The summed E-state index contributed by atoms with van der Waals surface area (Å²) in [7, 11) is 0. The number of ether oxygens (including phenoxy) is 1. The molecule has 0 saturated heterocycles. The molecule has 0 N–H and O–H groups in total. The summed E-state index contributed by atoms with van der Waals surface area (Å²) >= 11 is 0. The fourth-order valence-electron chi connectivity index (χ4n) is 2.14. The Balaban J connectivity index is 1.91. The molecular formula is C13H16N2O. The molecule has 0 bridgehead atoms. The van der Waals surface area contributed by atoms with E-state index in [1.165, 1.54) is 32.1 Å². The Bertz CT molecular complexity index is 378. The molecule has 1 aliphatic carbocycles. The third-order valence-electron chi connectivity index (χ3n) is 3.07. The Morgan fingerprint density at radius 3 is 2.94 bits per heavy atom. The van der Waals surface area contributed by atoms with Crippen LogP contribution >= 0.6 is 0 Å². The number of nitrogens with zero attached hydrogens (tertiary/aromatic N) is 2. The highest BCUT2D eigenvalue weighted by molar-refractivity contribution is 5.36. The maximum Gasteiger partial charge on any atom is 0.231 e. The van der Waals surface area contributed by atoms with Gasteiger partial charge in [0.25, 0.3) is 0 Å². The molecular weight excluding hydrogens is 200 g/mol. The predicted molar refractivity (Wildman–Crippen MR) is 61.0 cm³/mol. The lowest BCUT2D eigenvalue weighted by Crippen LogP contribution is -2.16. The van der Waals surface area contributed by atoms with E-state index in [-0.39, 0.29) is 0 Å². The standard InChI is InChI=1S/C13H16N2O/c14-9-12-7-4-8-15-13(12)16-10-11-5-2-1-3-6-11/h4,7-8,11H,1-3,5-6,10H2. The second-order valence-corrected chi connectivity index (χ2v) is 4.28. The molecule has 3 nitrogen and oxygen atoms in total. The minimum atomic E-state index is 0.482. The molecule has 1 heterocycles. The second kappa shape index (κ2) is 5.50. The quantitative estimate of drug-likeness (QED) is 0.780. The van der Waals surface area contributed by atoms with Gasteiger partial charge in [-0.15, -0.1) is 0 Å². The first-order valence-electron chi connectivity index (χ1n) is 5.88. The minimum Gasteiger partial charge on any atom is -0.476 e. The van der Waals surface area contributed by atoms with Crippen molar-refractivity contribution >= 4 is 0 Å². The van der Waals surface area contributed by atoms with Crippen molar-refractivity contribution in [1.82, 2.24) is 4.98 Å². The van der Waals surface area contributed by atoms with E-state index in [2.05, 4.69) is 11.1 Å². The Labute approximate surface area is 96.1 Å². The summed E-state index contributed by atoms with van der Waals surface area (Å²) in [5.41, 5.74) is 0.526. The van der Waals surface area contributed by atoms with Crippen molar-refractivity contribution in [1.29, 1.82) is 5.26 Å². The molecule has 2 rings (SSSR count). The molecule has 1 fully saturated rings. The first-order chi connectivity index (χ1) is 7.90. The highest BCUT2D eigenvalue weighted by atomic mass is 16.5. The third-order valence-corrected chi connectivity index (χ3v) is 3.07. The molecule has 16 heavy (non-hydrogen) atoms. The van der Waals surface area contributed by atoms with Gasteiger partial charge in [0.15, 0.2) is 0 Å². The van der Waals surface area contributed by atoms with Gasteiger partial charge in [-0.2, -0.15) is 5.26 Å². The highest BCUT2D eigenvalue weighted by Crippen LogP contribution is 2.24. The van der Waals surface area contributed by atoms with Crippen molar-refractivity contribution in [3.63, 3.8) is 0 Å². The molecule has 0 aliphatic heterocycles. The third kappa shape index (κ3) is 2.73. The zero-order valence-electron chi connectivity index (χ0n) is 9.35. The maximum atomic E-state index is 8.89. The van der Waals surface area contributed by atoms with Gasteiger partial charge in [-0.05, 0) is 30.9 Å². The zero-order valence-corrected chi connectivity index (χ0v) is 9.35. The average Bonchev–Trinajstić information content (AvgIpc) is 2.38. The van der Waals surface area contributed by atoms with E-state index >= 15 is 0 Å². The molecule has 84 valence electrons. The lowest BCUT2D eigenvalue weighted by molar-refractivity contribution is 0.202. The molecule has 1 aliphatic rings. The van der Waals surface area contributed by atoms with Crippen LogP contribution in [0, 0.1) is 17.2 Å². The van der Waals surface area contributed by atoms with Gasteiger partial charge in [0.05, 0.1) is 6.61 Å². The van der Waals surface area contributed by atoms with Crippen molar-refractivity contribution in [2.24, 2.45) is 5.92 Å². The van der Waals surface area contributed by atoms with Crippen LogP contribution in [0.3, 0.4) is 0 Å². The predicted octanol–water partition coefficient (Wildman–Crippen LogP) is 2.91. The van der Waals surface area contributed by atoms with E-state index < -0.39 is 0 Å². The maximum absolute atomic E-state index is 8.89. The number of hydrogen-bond acceptors (Lipinski definition) is 3. The van der Waals surface area contributed by atoms with Crippen molar-refractivity contribution in [2.45, 2.75) is 32.1 Å². The smallest absolute Gasteiger partial charge is 0.231 e. The van der Waals surface area contributed by atoms with Crippen LogP contribution < -0.4 is 4.74 Å². The van der Waals surface area contributed by atoms with Crippen LogP contribution in [0.25, 0.3) is 0 Å². The van der Waals surface area contributed by atoms with Crippen LogP contribution in [-0.2, 0) is 0 Å². The number of aromatic nitrogens is 1. The van der Waals surface area contributed by atoms with Crippen molar-refractivity contribution in [3.8, 4) is 11.9 Å². The minimum absolute atomic E-state index is 0.482. The molecule has 1 aromatic rings. The van der Waals surface area contributed by atoms with E-state index in [1.54, 1.807) is 18.3 Å². The summed E-state index contributed by atoms with van der Waals surface area (Å²) in [5, 5.41) is 8.89. The monoisotopic (exact) mass is 216 g/mol. The van der Waals surface area contributed by atoms with Gasteiger partial charge in [-0.1, -0.05) is 19.3 Å². The molecule has 0 amide bonds. The summed E-state index contributed by atoms with van der Waals surface area (Å²) in [4.78, 5) is 4.09. The number of pyridine rings is 1. The number of rotatable bonds is 3. The summed E-state index contributed by atoms with van der Waals surface area (Å²) in [6.45, 7) is 0.700. The summed E-state index contributed by atoms with van der Waals surface area (Å²) in [6, 6.07) is 5.59. The zero-order chi connectivity index (χ0) is 11.2. The molecule has 0 spiro atoms. The van der Waals surface area contributed by atoms with E-state index in [0.717, 1.165) is 0 Å². The molecule has 0 atom stereocenters. The topological polar surface area (TPSA) is 45.9 Å².